The summed E-state index contributed by atoms with van der Waals surface area (Å²) in [5.74, 6) is 2.26. The summed E-state index contributed by atoms with van der Waals surface area (Å²) >= 11 is 0. The van der Waals surface area contributed by atoms with Gasteiger partial charge in [-0.2, -0.15) is 23.3 Å². The molecule has 11 nitrogen and oxygen atoms in total. The number of carbonyl (C=O) groups is 1. The lowest BCUT2D eigenvalue weighted by Crippen LogP contribution is -2.54. The lowest BCUT2D eigenvalue weighted by Gasteiger charge is -2.46. The number of aliphatic hydroxyl groups is 1. The number of fused-ring (bicyclic) bond motifs is 2. The van der Waals surface area contributed by atoms with Crippen LogP contribution in [0.25, 0.3) is 44.2 Å². The molecule has 7 aromatic rings. The Morgan fingerprint density at radius 3 is 2.11 bits per heavy atom. The first-order valence-corrected chi connectivity index (χ1v) is 25.4. The number of nitrogens with zero attached hydrogens (tertiary/aromatic N) is 7. The molecule has 0 bridgehead atoms. The SMILES string of the molecule is O=C(c1ccc(CNCc2ccc(-c3ccc4c(cnn4CC4CC4)c3)cc2)cc1)N1CC(C2CCN(Cc3ccc(-c4cn(C5CCC(O)CC5)c5nc(NCCC(F)(F)F)ncc45)cc3)CC2)C1. The fourth-order valence-corrected chi connectivity index (χ4v) is 11.0. The zero-order chi connectivity index (χ0) is 47.8. The van der Waals surface area contributed by atoms with Crippen molar-refractivity contribution in [3.05, 3.63) is 132 Å². The summed E-state index contributed by atoms with van der Waals surface area (Å²) < 4.78 is 42.8. The topological polar surface area (TPSA) is 116 Å². The van der Waals surface area contributed by atoms with Gasteiger partial charge in [-0.05, 0) is 140 Å². The van der Waals surface area contributed by atoms with Crippen LogP contribution >= 0.6 is 0 Å². The van der Waals surface area contributed by atoms with Gasteiger partial charge >= 0.3 is 6.18 Å². The Balaban J connectivity index is 0.621. The first kappa shape index (κ1) is 46.3. The number of alkyl halides is 3. The third kappa shape index (κ3) is 10.6. The number of benzene rings is 4. The molecule has 0 radical (unpaired) electrons. The highest BCUT2D eigenvalue weighted by atomic mass is 19.4. The number of aliphatic hydroxyl groups excluding tert-OH is 1. The number of likely N-dealkylation sites (tertiary alicyclic amines) is 2. The maximum absolute atomic E-state index is 13.4. The summed E-state index contributed by atoms with van der Waals surface area (Å²) in [4.78, 5) is 27.1. The number of rotatable bonds is 16. The molecule has 1 amide bonds. The number of carbonyl (C=O) groups excluding carboxylic acids is 1. The minimum absolute atomic E-state index is 0.121. The second-order valence-corrected chi connectivity index (χ2v) is 20.5. The number of hydrogen-bond donors (Lipinski definition) is 3. The molecule has 4 aromatic carbocycles. The zero-order valence-electron chi connectivity index (χ0n) is 39.6. The van der Waals surface area contributed by atoms with Crippen LogP contribution in [0.1, 0.15) is 90.9 Å². The maximum atomic E-state index is 13.4. The second-order valence-electron chi connectivity index (χ2n) is 20.5. The standard InChI is InChI=1S/C56H62F3N9O2/c57-56(58,59)23-24-61-55-62-31-50-51(36-67(53(50)64-55)48-16-18-49(69)19-17-48)43-11-7-39(8-12-43)32-65-25-21-42(22-26-65)47-34-66(35-47)54(70)44-13-5-38(6-14-44)29-60-28-37-3-9-41(10-4-37)45-15-20-52-46(27-45)30-63-68(52)33-40-1-2-40/h3-15,20,27,30-31,36,40,42,47-49,60,69H,1-2,16-19,21-26,28-29,32-35H2,(H,61,62,64). The molecule has 2 aliphatic heterocycles. The molecule has 11 rings (SSSR count). The average Bonchev–Trinajstić information content (AvgIpc) is 3.97. The minimum atomic E-state index is -4.26. The monoisotopic (exact) mass is 949 g/mol. The van der Waals surface area contributed by atoms with Gasteiger partial charge in [-0.15, -0.1) is 0 Å². The Morgan fingerprint density at radius 1 is 0.743 bits per heavy atom. The summed E-state index contributed by atoms with van der Waals surface area (Å²) in [6.07, 6.45) is 8.17. The first-order valence-electron chi connectivity index (χ1n) is 25.4. The number of hydrogen-bond acceptors (Lipinski definition) is 8. The highest BCUT2D eigenvalue weighted by Gasteiger charge is 2.38. The number of halogens is 3. The number of amides is 1. The molecular weight excluding hydrogens is 888 g/mol. The third-order valence-electron chi connectivity index (χ3n) is 15.4. The van der Waals surface area contributed by atoms with Gasteiger partial charge in [-0.25, -0.2) is 4.98 Å². The molecule has 3 N–H and O–H groups in total. The van der Waals surface area contributed by atoms with Crippen molar-refractivity contribution in [3.63, 3.8) is 0 Å². The molecule has 2 saturated carbocycles. The Kier molecular flexibility index (Phi) is 13.2. The molecule has 364 valence electrons. The van der Waals surface area contributed by atoms with Crippen molar-refractivity contribution in [1.82, 2.24) is 39.4 Å². The maximum Gasteiger partial charge on any atom is 0.390 e. The van der Waals surface area contributed by atoms with Crippen molar-refractivity contribution in [2.45, 2.75) is 102 Å². The smallest absolute Gasteiger partial charge is 0.390 e. The van der Waals surface area contributed by atoms with E-state index in [0.29, 0.717) is 30.3 Å². The Labute approximate surface area is 407 Å². The van der Waals surface area contributed by atoms with E-state index in [1.807, 2.05) is 23.2 Å². The van der Waals surface area contributed by atoms with E-state index in [-0.39, 0.29) is 30.5 Å². The fourth-order valence-electron chi connectivity index (χ4n) is 11.0. The molecule has 2 saturated heterocycles. The predicted molar refractivity (Wildman–Crippen MR) is 268 cm³/mol. The highest BCUT2D eigenvalue weighted by Crippen LogP contribution is 2.38. The van der Waals surface area contributed by atoms with E-state index in [1.54, 1.807) is 6.20 Å². The molecule has 0 unspecified atom stereocenters. The van der Waals surface area contributed by atoms with E-state index in [1.165, 1.54) is 46.0 Å². The molecular formula is C56H62F3N9O2. The van der Waals surface area contributed by atoms with Crippen LogP contribution < -0.4 is 10.6 Å². The highest BCUT2D eigenvalue weighted by molar-refractivity contribution is 5.95. The fraction of sp³-hybridized carbons (Fsp3) is 0.429. The molecule has 14 heteroatoms. The van der Waals surface area contributed by atoms with Crippen LogP contribution in [0.5, 0.6) is 0 Å². The number of nitrogens with one attached hydrogen (secondary N) is 2. The van der Waals surface area contributed by atoms with Gasteiger partial charge in [0.2, 0.25) is 5.95 Å². The van der Waals surface area contributed by atoms with Gasteiger partial charge in [0.1, 0.15) is 5.65 Å². The van der Waals surface area contributed by atoms with Crippen LogP contribution in [-0.2, 0) is 26.2 Å². The quantitative estimate of drug-likeness (QED) is 0.0877. The lowest BCUT2D eigenvalue weighted by atomic mass is 9.79. The van der Waals surface area contributed by atoms with Crippen LogP contribution in [0.4, 0.5) is 19.1 Å². The summed E-state index contributed by atoms with van der Waals surface area (Å²) in [6.45, 7) is 6.81. The third-order valence-corrected chi connectivity index (χ3v) is 15.4. The van der Waals surface area contributed by atoms with Crippen LogP contribution in [0.2, 0.25) is 0 Å². The summed E-state index contributed by atoms with van der Waals surface area (Å²) in [7, 11) is 0. The van der Waals surface area contributed by atoms with Crippen molar-refractivity contribution < 1.29 is 23.1 Å². The van der Waals surface area contributed by atoms with Crippen molar-refractivity contribution in [2.24, 2.45) is 17.8 Å². The van der Waals surface area contributed by atoms with E-state index >= 15 is 0 Å². The Morgan fingerprint density at radius 2 is 1.41 bits per heavy atom. The van der Waals surface area contributed by atoms with Gasteiger partial charge in [-0.3, -0.25) is 14.4 Å². The largest absolute Gasteiger partial charge is 0.393 e. The van der Waals surface area contributed by atoms with E-state index in [0.717, 1.165) is 112 Å². The molecule has 0 spiro atoms. The number of anilines is 1. The Bertz CT molecular complexity index is 2910. The molecule has 4 aliphatic rings. The van der Waals surface area contributed by atoms with Crippen LogP contribution in [0.3, 0.4) is 0 Å². The molecule has 3 aromatic heterocycles. The van der Waals surface area contributed by atoms with Gasteiger partial charge < -0.3 is 25.2 Å². The van der Waals surface area contributed by atoms with Gasteiger partial charge in [0.25, 0.3) is 5.91 Å². The van der Waals surface area contributed by atoms with Gasteiger partial charge in [0.05, 0.1) is 24.2 Å². The van der Waals surface area contributed by atoms with Crippen molar-refractivity contribution in [2.75, 3.05) is 38.0 Å². The van der Waals surface area contributed by atoms with Crippen molar-refractivity contribution >= 4 is 33.8 Å². The van der Waals surface area contributed by atoms with Gasteiger partial charge in [-0.1, -0.05) is 66.7 Å². The second kappa shape index (κ2) is 20.0. The van der Waals surface area contributed by atoms with E-state index < -0.39 is 12.6 Å². The number of piperidine rings is 1. The molecule has 5 heterocycles. The molecule has 4 fully saturated rings. The predicted octanol–water partition coefficient (Wildman–Crippen LogP) is 10.6. The van der Waals surface area contributed by atoms with Crippen LogP contribution in [-0.4, -0.2) is 90.1 Å². The van der Waals surface area contributed by atoms with Crippen LogP contribution in [0.15, 0.2) is 110 Å². The lowest BCUT2D eigenvalue weighted by molar-refractivity contribution is -0.131. The van der Waals surface area contributed by atoms with Crippen molar-refractivity contribution in [1.29, 1.82) is 0 Å². The molecule has 2 aliphatic carbocycles. The van der Waals surface area contributed by atoms with E-state index in [2.05, 4.69) is 120 Å². The zero-order valence-corrected chi connectivity index (χ0v) is 39.6. The van der Waals surface area contributed by atoms with Crippen molar-refractivity contribution in [3.8, 4) is 22.3 Å². The number of aromatic nitrogens is 5. The summed E-state index contributed by atoms with van der Waals surface area (Å²) in [5.41, 5.74) is 10.7. The van der Waals surface area contributed by atoms with Crippen LogP contribution in [0, 0.1) is 17.8 Å². The molecule has 0 atom stereocenters. The minimum Gasteiger partial charge on any atom is -0.393 e. The average molecular weight is 950 g/mol. The van der Waals surface area contributed by atoms with Gasteiger partial charge in [0.15, 0.2) is 0 Å². The Hall–Kier alpha value is -6.09. The summed E-state index contributed by atoms with van der Waals surface area (Å²) in [6, 6.07) is 32.3. The van der Waals surface area contributed by atoms with E-state index in [9.17, 15) is 23.1 Å². The molecule has 70 heavy (non-hydrogen) atoms. The first-order chi connectivity index (χ1) is 34.0. The summed E-state index contributed by atoms with van der Waals surface area (Å²) in [5, 5.41) is 23.2. The normalized spacial score (nSPS) is 19.5. The van der Waals surface area contributed by atoms with E-state index in [4.69, 9.17) is 4.98 Å². The van der Waals surface area contributed by atoms with Gasteiger partial charge in [0, 0.05) is 86.1 Å².